The van der Waals surface area contributed by atoms with Crippen molar-refractivity contribution < 1.29 is 4.42 Å². The number of aryl methyl sites for hydroxylation is 2. The number of hydrogen-bond donors (Lipinski definition) is 0. The van der Waals surface area contributed by atoms with Crippen molar-refractivity contribution in [3.8, 4) is 0 Å². The molecule has 0 spiro atoms. The van der Waals surface area contributed by atoms with Crippen LogP contribution in [0.1, 0.15) is 5.56 Å². The zero-order valence-corrected chi connectivity index (χ0v) is 7.00. The van der Waals surface area contributed by atoms with Gasteiger partial charge >= 0.3 is 5.76 Å². The van der Waals surface area contributed by atoms with Crippen molar-refractivity contribution in [2.24, 2.45) is 7.05 Å². The topological polar surface area (TPSA) is 35.1 Å². The summed E-state index contributed by atoms with van der Waals surface area (Å²) in [7, 11) is 1.71. The van der Waals surface area contributed by atoms with Gasteiger partial charge in [-0.05, 0) is 18.6 Å². The van der Waals surface area contributed by atoms with Gasteiger partial charge in [0.15, 0.2) is 5.58 Å². The molecule has 0 N–H and O–H groups in total. The molecule has 2 aromatic rings. The molecule has 1 aromatic heterocycles. The van der Waals surface area contributed by atoms with Gasteiger partial charge in [-0.25, -0.2) is 4.79 Å². The number of aromatic nitrogens is 1. The predicted molar refractivity (Wildman–Crippen MR) is 46.2 cm³/mol. The average molecular weight is 163 g/mol. The number of nitrogens with zero attached hydrogens (tertiary/aromatic N) is 1. The number of benzene rings is 1. The normalized spacial score (nSPS) is 10.8. The van der Waals surface area contributed by atoms with Crippen LogP contribution in [0.4, 0.5) is 0 Å². The fourth-order valence-electron chi connectivity index (χ4n) is 1.40. The lowest BCUT2D eigenvalue weighted by molar-refractivity contribution is 0.528. The fraction of sp³-hybridized carbons (Fsp3) is 0.222. The van der Waals surface area contributed by atoms with E-state index < -0.39 is 0 Å². The Balaban J connectivity index is 3.07. The third kappa shape index (κ3) is 0.794. The summed E-state index contributed by atoms with van der Waals surface area (Å²) in [6.45, 7) is 1.96. The molecular formula is C9H9NO2. The minimum absolute atomic E-state index is 0.306. The second-order valence-corrected chi connectivity index (χ2v) is 2.85. The zero-order chi connectivity index (χ0) is 8.72. The Hall–Kier alpha value is -1.51. The van der Waals surface area contributed by atoms with Crippen molar-refractivity contribution in [3.05, 3.63) is 34.3 Å². The van der Waals surface area contributed by atoms with Crippen LogP contribution in [0.3, 0.4) is 0 Å². The van der Waals surface area contributed by atoms with Crippen molar-refractivity contribution in [2.45, 2.75) is 6.92 Å². The van der Waals surface area contributed by atoms with Gasteiger partial charge in [0.25, 0.3) is 0 Å². The van der Waals surface area contributed by atoms with Crippen molar-refractivity contribution >= 4 is 11.1 Å². The van der Waals surface area contributed by atoms with Crippen LogP contribution in [0.15, 0.2) is 27.4 Å². The molecule has 0 aliphatic heterocycles. The average Bonchev–Trinajstić information content (AvgIpc) is 2.29. The maximum atomic E-state index is 11.1. The molecule has 3 nitrogen and oxygen atoms in total. The molecular weight excluding hydrogens is 154 g/mol. The van der Waals surface area contributed by atoms with E-state index in [9.17, 15) is 4.79 Å². The van der Waals surface area contributed by atoms with E-state index in [4.69, 9.17) is 4.42 Å². The van der Waals surface area contributed by atoms with Crippen LogP contribution < -0.4 is 5.76 Å². The van der Waals surface area contributed by atoms with E-state index in [1.807, 2.05) is 19.1 Å². The van der Waals surface area contributed by atoms with E-state index in [-0.39, 0.29) is 5.76 Å². The minimum Gasteiger partial charge on any atom is -0.408 e. The van der Waals surface area contributed by atoms with Crippen LogP contribution in [-0.2, 0) is 7.05 Å². The van der Waals surface area contributed by atoms with Gasteiger partial charge in [-0.15, -0.1) is 0 Å². The van der Waals surface area contributed by atoms with E-state index >= 15 is 0 Å². The third-order valence-electron chi connectivity index (χ3n) is 2.01. The van der Waals surface area contributed by atoms with Gasteiger partial charge in [-0.2, -0.15) is 0 Å². The van der Waals surface area contributed by atoms with Crippen LogP contribution in [0, 0.1) is 6.92 Å². The van der Waals surface area contributed by atoms with E-state index in [1.165, 1.54) is 4.57 Å². The summed E-state index contributed by atoms with van der Waals surface area (Å²) in [6.07, 6.45) is 0. The smallest absolute Gasteiger partial charge is 0.408 e. The molecule has 0 radical (unpaired) electrons. The first-order chi connectivity index (χ1) is 5.70. The van der Waals surface area contributed by atoms with Gasteiger partial charge in [-0.3, -0.25) is 4.57 Å². The van der Waals surface area contributed by atoms with E-state index in [0.717, 1.165) is 11.1 Å². The van der Waals surface area contributed by atoms with Crippen LogP contribution in [0.25, 0.3) is 11.1 Å². The Kier molecular flexibility index (Phi) is 1.33. The highest BCUT2D eigenvalue weighted by molar-refractivity contribution is 5.76. The summed E-state index contributed by atoms with van der Waals surface area (Å²) < 4.78 is 6.51. The SMILES string of the molecule is Cc1cccc2oc(=O)n(C)c12. The number of hydrogen-bond acceptors (Lipinski definition) is 2. The summed E-state index contributed by atoms with van der Waals surface area (Å²) >= 11 is 0. The van der Waals surface area contributed by atoms with Crippen LogP contribution in [-0.4, -0.2) is 4.57 Å². The lowest BCUT2D eigenvalue weighted by atomic mass is 10.2. The Morgan fingerprint density at radius 3 is 2.83 bits per heavy atom. The molecule has 2 rings (SSSR count). The summed E-state index contributed by atoms with van der Waals surface area (Å²) in [4.78, 5) is 11.1. The first-order valence-corrected chi connectivity index (χ1v) is 3.75. The molecule has 1 aromatic carbocycles. The molecule has 0 saturated carbocycles. The molecule has 12 heavy (non-hydrogen) atoms. The largest absolute Gasteiger partial charge is 0.419 e. The Labute approximate surface area is 69.2 Å². The van der Waals surface area contributed by atoms with Gasteiger partial charge in [-0.1, -0.05) is 12.1 Å². The van der Waals surface area contributed by atoms with Crippen molar-refractivity contribution in [1.82, 2.24) is 4.57 Å². The molecule has 0 unspecified atom stereocenters. The summed E-state index contributed by atoms with van der Waals surface area (Å²) in [6, 6.07) is 5.63. The molecule has 0 bridgehead atoms. The molecule has 3 heteroatoms. The second-order valence-electron chi connectivity index (χ2n) is 2.85. The Morgan fingerprint density at radius 2 is 2.17 bits per heavy atom. The zero-order valence-electron chi connectivity index (χ0n) is 7.00. The number of fused-ring (bicyclic) bond motifs is 1. The quantitative estimate of drug-likeness (QED) is 0.589. The molecule has 0 fully saturated rings. The molecule has 0 atom stereocenters. The van der Waals surface area contributed by atoms with Crippen molar-refractivity contribution in [2.75, 3.05) is 0 Å². The van der Waals surface area contributed by atoms with Crippen LogP contribution in [0.5, 0.6) is 0 Å². The Bertz CT molecular complexity index is 479. The second kappa shape index (κ2) is 2.24. The fourth-order valence-corrected chi connectivity index (χ4v) is 1.40. The maximum Gasteiger partial charge on any atom is 0.419 e. The van der Waals surface area contributed by atoms with Gasteiger partial charge in [0.2, 0.25) is 0 Å². The highest BCUT2D eigenvalue weighted by Crippen LogP contribution is 2.15. The predicted octanol–water partition coefficient (Wildman–Crippen LogP) is 1.44. The standard InChI is InChI=1S/C9H9NO2/c1-6-4-3-5-7-8(6)10(2)9(11)12-7/h3-5H,1-2H3. The number of oxazole rings is 1. The van der Waals surface area contributed by atoms with Gasteiger partial charge < -0.3 is 4.42 Å². The number of para-hydroxylation sites is 1. The summed E-state index contributed by atoms with van der Waals surface area (Å²) in [5.41, 5.74) is 2.59. The number of rotatable bonds is 0. The third-order valence-corrected chi connectivity index (χ3v) is 2.01. The van der Waals surface area contributed by atoms with E-state index in [1.54, 1.807) is 13.1 Å². The molecule has 0 amide bonds. The summed E-state index contributed by atoms with van der Waals surface area (Å²) in [5, 5.41) is 0. The molecule has 1 heterocycles. The minimum atomic E-state index is -0.306. The summed E-state index contributed by atoms with van der Waals surface area (Å²) in [5.74, 6) is -0.306. The van der Waals surface area contributed by atoms with Crippen molar-refractivity contribution in [3.63, 3.8) is 0 Å². The molecule has 0 aliphatic rings. The van der Waals surface area contributed by atoms with Crippen LogP contribution >= 0.6 is 0 Å². The molecule has 62 valence electrons. The van der Waals surface area contributed by atoms with E-state index in [2.05, 4.69) is 0 Å². The first-order valence-electron chi connectivity index (χ1n) is 3.75. The Morgan fingerprint density at radius 1 is 1.42 bits per heavy atom. The monoisotopic (exact) mass is 163 g/mol. The van der Waals surface area contributed by atoms with E-state index in [0.29, 0.717) is 5.58 Å². The lowest BCUT2D eigenvalue weighted by Gasteiger charge is -1.94. The van der Waals surface area contributed by atoms with Gasteiger partial charge in [0, 0.05) is 7.05 Å². The van der Waals surface area contributed by atoms with Gasteiger partial charge in [0.1, 0.15) is 0 Å². The molecule has 0 aliphatic carbocycles. The van der Waals surface area contributed by atoms with Crippen molar-refractivity contribution in [1.29, 1.82) is 0 Å². The highest BCUT2D eigenvalue weighted by atomic mass is 16.4. The van der Waals surface area contributed by atoms with Gasteiger partial charge in [0.05, 0.1) is 5.52 Å². The first kappa shape index (κ1) is 7.16. The lowest BCUT2D eigenvalue weighted by Crippen LogP contribution is -2.08. The maximum absolute atomic E-state index is 11.1. The van der Waals surface area contributed by atoms with Crippen LogP contribution in [0.2, 0.25) is 0 Å². The highest BCUT2D eigenvalue weighted by Gasteiger charge is 2.06. The molecule has 0 saturated heterocycles.